The molecular formula is C14H13ClIN2-. The average molecular weight is 372 g/mol. The van der Waals surface area contributed by atoms with E-state index in [0.717, 1.165) is 11.1 Å². The van der Waals surface area contributed by atoms with Crippen LogP contribution in [0.3, 0.4) is 0 Å². The predicted octanol–water partition coefficient (Wildman–Crippen LogP) is 0.249. The van der Waals surface area contributed by atoms with Crippen molar-refractivity contribution in [2.24, 2.45) is 10.7 Å². The molecule has 0 heterocycles. The van der Waals surface area contributed by atoms with E-state index in [-0.39, 0.29) is 24.0 Å². The van der Waals surface area contributed by atoms with Gasteiger partial charge in [0.05, 0.1) is 6.54 Å². The van der Waals surface area contributed by atoms with E-state index in [4.69, 9.17) is 17.3 Å². The van der Waals surface area contributed by atoms with Crippen LogP contribution in [0.4, 0.5) is 0 Å². The zero-order chi connectivity index (χ0) is 12.1. The molecule has 0 aromatic heterocycles. The molecule has 0 saturated carbocycles. The summed E-state index contributed by atoms with van der Waals surface area (Å²) in [5, 5.41) is 0.699. The van der Waals surface area contributed by atoms with Crippen LogP contribution in [-0.4, -0.2) is 5.84 Å². The van der Waals surface area contributed by atoms with Gasteiger partial charge in [0.25, 0.3) is 0 Å². The molecule has 94 valence electrons. The summed E-state index contributed by atoms with van der Waals surface area (Å²) in [4.78, 5) is 4.35. The maximum absolute atomic E-state index is 5.90. The summed E-state index contributed by atoms with van der Waals surface area (Å²) < 4.78 is 0. The Morgan fingerprint density at radius 2 is 1.61 bits per heavy atom. The third kappa shape index (κ3) is 4.31. The first-order valence-electron chi connectivity index (χ1n) is 5.35. The van der Waals surface area contributed by atoms with Gasteiger partial charge in [-0.3, -0.25) is 4.99 Å². The summed E-state index contributed by atoms with van der Waals surface area (Å²) in [6, 6.07) is 17.4. The van der Waals surface area contributed by atoms with Gasteiger partial charge in [-0.15, -0.1) is 0 Å². The molecule has 0 radical (unpaired) electrons. The number of nitrogens with zero attached hydrogens (tertiary/aromatic N) is 1. The van der Waals surface area contributed by atoms with Crippen LogP contribution in [0.15, 0.2) is 59.6 Å². The summed E-state index contributed by atoms with van der Waals surface area (Å²) in [6.45, 7) is 0.593. The minimum Gasteiger partial charge on any atom is -1.00 e. The number of nitrogens with two attached hydrogens (primary N) is 1. The lowest BCUT2D eigenvalue weighted by molar-refractivity contribution is -0.00000345. The van der Waals surface area contributed by atoms with E-state index >= 15 is 0 Å². The molecule has 0 saturated heterocycles. The first-order chi connectivity index (χ1) is 8.25. The van der Waals surface area contributed by atoms with Crippen molar-refractivity contribution >= 4 is 17.4 Å². The number of halogens is 2. The maximum Gasteiger partial charge on any atom is 0.125 e. The minimum absolute atomic E-state index is 0. The van der Waals surface area contributed by atoms with Crippen molar-refractivity contribution in [1.29, 1.82) is 0 Å². The summed E-state index contributed by atoms with van der Waals surface area (Å²) in [5.41, 5.74) is 7.94. The van der Waals surface area contributed by atoms with Gasteiger partial charge in [-0.1, -0.05) is 41.9 Å². The molecule has 0 amide bonds. The van der Waals surface area contributed by atoms with Gasteiger partial charge in [0.15, 0.2) is 0 Å². The Balaban J connectivity index is 0.00000162. The molecule has 2 aromatic rings. The lowest BCUT2D eigenvalue weighted by Crippen LogP contribution is -3.00. The van der Waals surface area contributed by atoms with Crippen molar-refractivity contribution in [2.75, 3.05) is 0 Å². The summed E-state index contributed by atoms with van der Waals surface area (Å²) in [6.07, 6.45) is 0. The van der Waals surface area contributed by atoms with Crippen LogP contribution in [0.25, 0.3) is 0 Å². The molecule has 18 heavy (non-hydrogen) atoms. The molecule has 2 nitrogen and oxygen atoms in total. The normalized spacial score (nSPS) is 10.8. The number of rotatable bonds is 3. The first-order valence-corrected chi connectivity index (χ1v) is 5.73. The average Bonchev–Trinajstić information content (AvgIpc) is 2.38. The third-order valence-electron chi connectivity index (χ3n) is 2.41. The summed E-state index contributed by atoms with van der Waals surface area (Å²) in [7, 11) is 0. The van der Waals surface area contributed by atoms with Crippen molar-refractivity contribution in [3.05, 3.63) is 70.7 Å². The second kappa shape index (κ2) is 7.38. The van der Waals surface area contributed by atoms with Gasteiger partial charge in [0.1, 0.15) is 5.84 Å². The SMILES string of the molecule is NC(=NCc1ccccc1)c1ccc(Cl)cc1.[I-]. The van der Waals surface area contributed by atoms with Gasteiger partial charge in [0, 0.05) is 10.6 Å². The quantitative estimate of drug-likeness (QED) is 0.469. The molecule has 0 spiro atoms. The summed E-state index contributed by atoms with van der Waals surface area (Å²) in [5.74, 6) is 0.533. The predicted molar refractivity (Wildman–Crippen MR) is 72.3 cm³/mol. The van der Waals surface area contributed by atoms with Gasteiger partial charge >= 0.3 is 0 Å². The Labute approximate surface area is 129 Å². The molecule has 4 heteroatoms. The van der Waals surface area contributed by atoms with E-state index in [1.807, 2.05) is 54.6 Å². The molecule has 0 aliphatic heterocycles. The highest BCUT2D eigenvalue weighted by Crippen LogP contribution is 2.09. The third-order valence-corrected chi connectivity index (χ3v) is 2.67. The highest BCUT2D eigenvalue weighted by Gasteiger charge is 1.97. The Morgan fingerprint density at radius 3 is 2.22 bits per heavy atom. The zero-order valence-corrected chi connectivity index (χ0v) is 12.6. The van der Waals surface area contributed by atoms with Gasteiger partial charge in [-0.25, -0.2) is 0 Å². The fourth-order valence-electron chi connectivity index (χ4n) is 1.47. The lowest BCUT2D eigenvalue weighted by atomic mass is 10.2. The smallest absolute Gasteiger partial charge is 0.125 e. The molecule has 2 aromatic carbocycles. The fraction of sp³-hybridized carbons (Fsp3) is 0.0714. The molecule has 0 fully saturated rings. The standard InChI is InChI=1S/C14H13ClN2.HI/c15-13-8-6-12(7-9-13)14(16)17-10-11-4-2-1-3-5-11;/h1-9H,10H2,(H2,16,17);1H/p-1. The number of amidine groups is 1. The van der Waals surface area contributed by atoms with Crippen LogP contribution in [0, 0.1) is 0 Å². The molecule has 2 rings (SSSR count). The molecule has 0 bridgehead atoms. The molecule has 0 atom stereocenters. The number of hydrogen-bond donors (Lipinski definition) is 1. The van der Waals surface area contributed by atoms with Gasteiger partial charge in [0.2, 0.25) is 0 Å². The van der Waals surface area contributed by atoms with Crippen molar-refractivity contribution in [3.8, 4) is 0 Å². The lowest BCUT2D eigenvalue weighted by Gasteiger charge is -2.01. The van der Waals surface area contributed by atoms with E-state index in [0.29, 0.717) is 17.4 Å². The fourth-order valence-corrected chi connectivity index (χ4v) is 1.60. The molecule has 0 unspecified atom stereocenters. The first kappa shape index (κ1) is 15.0. The van der Waals surface area contributed by atoms with Crippen LogP contribution in [-0.2, 0) is 6.54 Å². The second-order valence-electron chi connectivity index (χ2n) is 3.69. The van der Waals surface area contributed by atoms with Crippen molar-refractivity contribution in [1.82, 2.24) is 0 Å². The number of hydrogen-bond acceptors (Lipinski definition) is 1. The summed E-state index contributed by atoms with van der Waals surface area (Å²) >= 11 is 5.81. The Kier molecular flexibility index (Phi) is 6.15. The van der Waals surface area contributed by atoms with E-state index in [9.17, 15) is 0 Å². The Bertz CT molecular complexity index is 509. The van der Waals surface area contributed by atoms with Crippen molar-refractivity contribution in [3.63, 3.8) is 0 Å². The molecule has 2 N–H and O–H groups in total. The van der Waals surface area contributed by atoms with Crippen molar-refractivity contribution in [2.45, 2.75) is 6.54 Å². The highest BCUT2D eigenvalue weighted by molar-refractivity contribution is 6.30. The van der Waals surface area contributed by atoms with Crippen LogP contribution in [0.5, 0.6) is 0 Å². The Hall–Kier alpha value is -1.07. The maximum atomic E-state index is 5.90. The van der Waals surface area contributed by atoms with Crippen LogP contribution in [0.2, 0.25) is 5.02 Å². The largest absolute Gasteiger partial charge is 1.00 e. The molecule has 0 aliphatic carbocycles. The van der Waals surface area contributed by atoms with E-state index < -0.39 is 0 Å². The van der Waals surface area contributed by atoms with E-state index in [1.54, 1.807) is 0 Å². The zero-order valence-electron chi connectivity index (χ0n) is 9.68. The number of benzene rings is 2. The van der Waals surface area contributed by atoms with Crippen molar-refractivity contribution < 1.29 is 24.0 Å². The van der Waals surface area contributed by atoms with E-state index in [2.05, 4.69) is 4.99 Å². The molecule has 0 aliphatic rings. The van der Waals surface area contributed by atoms with Gasteiger partial charge < -0.3 is 29.7 Å². The Morgan fingerprint density at radius 1 is 1.00 bits per heavy atom. The minimum atomic E-state index is 0. The highest BCUT2D eigenvalue weighted by atomic mass is 127. The van der Waals surface area contributed by atoms with Crippen LogP contribution >= 0.6 is 11.6 Å². The monoisotopic (exact) mass is 371 g/mol. The van der Waals surface area contributed by atoms with Crippen LogP contribution in [0.1, 0.15) is 11.1 Å². The number of aliphatic imine (C=N–C) groups is 1. The topological polar surface area (TPSA) is 38.4 Å². The second-order valence-corrected chi connectivity index (χ2v) is 4.13. The van der Waals surface area contributed by atoms with Gasteiger partial charge in [-0.2, -0.15) is 0 Å². The molecular weight excluding hydrogens is 359 g/mol. The van der Waals surface area contributed by atoms with E-state index in [1.165, 1.54) is 0 Å². The van der Waals surface area contributed by atoms with Gasteiger partial charge in [-0.05, 0) is 29.8 Å². The van der Waals surface area contributed by atoms with Crippen LogP contribution < -0.4 is 29.7 Å².